The van der Waals surface area contributed by atoms with Crippen molar-refractivity contribution in [3.8, 4) is 6.07 Å². The predicted molar refractivity (Wildman–Crippen MR) is 54.7 cm³/mol. The van der Waals surface area contributed by atoms with Gasteiger partial charge in [0.1, 0.15) is 11.6 Å². The molecule has 0 spiro atoms. The summed E-state index contributed by atoms with van der Waals surface area (Å²) in [7, 11) is 0. The molecule has 0 saturated carbocycles. The monoisotopic (exact) mass is 205 g/mol. The van der Waals surface area contributed by atoms with Crippen LogP contribution >= 0.6 is 11.3 Å². The normalized spacial score (nSPS) is 10.3. The van der Waals surface area contributed by atoms with Gasteiger partial charge in [-0.2, -0.15) is 5.26 Å². The Morgan fingerprint density at radius 3 is 3.00 bits per heavy atom. The number of aliphatic hydroxyl groups excluding tert-OH is 1. The number of aliphatic hydroxyl groups is 1. The molecule has 0 atom stereocenters. The molecule has 0 aliphatic carbocycles. The van der Waals surface area contributed by atoms with Crippen molar-refractivity contribution in [2.24, 2.45) is 0 Å². The summed E-state index contributed by atoms with van der Waals surface area (Å²) < 4.78 is 0.839. The van der Waals surface area contributed by atoms with E-state index in [0.717, 1.165) is 4.70 Å². The van der Waals surface area contributed by atoms with Crippen LogP contribution < -0.4 is 5.73 Å². The van der Waals surface area contributed by atoms with Crippen molar-refractivity contribution in [2.75, 3.05) is 5.73 Å². The number of rotatable bonds is 1. The third-order valence-corrected chi connectivity index (χ3v) is 2.71. The number of hydrogen-bond donors (Lipinski definition) is 2. The number of nitrogens with two attached hydrogens (primary N) is 1. The molecule has 1 aromatic heterocycles. The van der Waals surface area contributed by atoms with Crippen LogP contribution in [0.3, 0.4) is 0 Å². The molecule has 0 unspecified atom stereocenters. The third-order valence-electron chi connectivity index (χ3n) is 1.87. The molecular weight excluding hydrogens is 198 g/mol. The number of aromatic nitrogens is 1. The van der Waals surface area contributed by atoms with Gasteiger partial charge < -0.3 is 10.8 Å². The lowest BCUT2D eigenvalue weighted by molar-refractivity contribution is 0.282. The van der Waals surface area contributed by atoms with Crippen molar-refractivity contribution in [2.45, 2.75) is 6.61 Å². The number of anilines is 1. The van der Waals surface area contributed by atoms with E-state index in [9.17, 15) is 0 Å². The van der Waals surface area contributed by atoms with Gasteiger partial charge in [-0.15, -0.1) is 0 Å². The summed E-state index contributed by atoms with van der Waals surface area (Å²) in [5.74, 6) is 0. The predicted octanol–water partition coefficient (Wildman–Crippen LogP) is 1.24. The Morgan fingerprint density at radius 2 is 2.36 bits per heavy atom. The largest absolute Gasteiger partial charge is 0.392 e. The quantitative estimate of drug-likeness (QED) is 0.733. The van der Waals surface area contributed by atoms with Gasteiger partial charge in [0, 0.05) is 0 Å². The molecule has 3 N–H and O–H groups in total. The minimum absolute atomic E-state index is 0.0809. The standard InChI is InChI=1S/C9H7N3OS/c10-3-6-1-5(4-13)2-7-8(6)12-9(11)14-7/h1-2,13H,4H2,(H2,11,12). The van der Waals surface area contributed by atoms with Crippen LogP contribution in [0.2, 0.25) is 0 Å². The fourth-order valence-corrected chi connectivity index (χ4v) is 2.11. The summed E-state index contributed by atoms with van der Waals surface area (Å²) in [4.78, 5) is 4.05. The highest BCUT2D eigenvalue weighted by Crippen LogP contribution is 2.27. The summed E-state index contributed by atoms with van der Waals surface area (Å²) in [5.41, 5.74) is 7.32. The van der Waals surface area contributed by atoms with Crippen LogP contribution in [0.25, 0.3) is 10.2 Å². The van der Waals surface area contributed by atoms with E-state index in [1.165, 1.54) is 11.3 Å². The molecule has 0 bridgehead atoms. The van der Waals surface area contributed by atoms with Gasteiger partial charge in [-0.1, -0.05) is 11.3 Å². The Morgan fingerprint density at radius 1 is 1.57 bits per heavy atom. The zero-order chi connectivity index (χ0) is 10.1. The minimum atomic E-state index is -0.0809. The lowest BCUT2D eigenvalue weighted by atomic mass is 10.1. The van der Waals surface area contributed by atoms with Crippen molar-refractivity contribution >= 4 is 26.7 Å². The molecule has 0 radical (unpaired) electrons. The number of nitrogen functional groups attached to an aromatic ring is 1. The maximum atomic E-state index is 8.97. The maximum absolute atomic E-state index is 8.97. The van der Waals surface area contributed by atoms with Crippen molar-refractivity contribution in [1.29, 1.82) is 5.26 Å². The van der Waals surface area contributed by atoms with Gasteiger partial charge in [0.15, 0.2) is 5.13 Å². The number of hydrogen-bond acceptors (Lipinski definition) is 5. The molecule has 0 aliphatic rings. The maximum Gasteiger partial charge on any atom is 0.181 e. The molecule has 70 valence electrons. The first kappa shape index (κ1) is 8.94. The van der Waals surface area contributed by atoms with Crippen LogP contribution in [0.1, 0.15) is 11.1 Å². The van der Waals surface area contributed by atoms with Gasteiger partial charge in [0.05, 0.1) is 16.9 Å². The van der Waals surface area contributed by atoms with Crippen molar-refractivity contribution in [3.05, 3.63) is 23.3 Å². The van der Waals surface area contributed by atoms with Crippen LogP contribution in [0.5, 0.6) is 0 Å². The molecule has 1 aromatic carbocycles. The summed E-state index contributed by atoms with van der Waals surface area (Å²) in [6, 6.07) is 5.46. The number of nitrogens with zero attached hydrogens (tertiary/aromatic N) is 2. The zero-order valence-corrected chi connectivity index (χ0v) is 8.01. The Hall–Kier alpha value is -1.64. The smallest absolute Gasteiger partial charge is 0.181 e. The highest BCUT2D eigenvalue weighted by molar-refractivity contribution is 7.22. The molecule has 2 rings (SSSR count). The highest BCUT2D eigenvalue weighted by Gasteiger charge is 2.08. The highest BCUT2D eigenvalue weighted by atomic mass is 32.1. The first-order valence-corrected chi connectivity index (χ1v) is 4.76. The number of nitriles is 1. The van der Waals surface area contributed by atoms with E-state index >= 15 is 0 Å². The SMILES string of the molecule is N#Cc1cc(CO)cc2sc(N)nc12. The van der Waals surface area contributed by atoms with Gasteiger partial charge in [-0.3, -0.25) is 0 Å². The van der Waals surface area contributed by atoms with Crippen LogP contribution in [0, 0.1) is 11.3 Å². The van der Waals surface area contributed by atoms with Gasteiger partial charge in [0.25, 0.3) is 0 Å². The van der Waals surface area contributed by atoms with Crippen molar-refractivity contribution in [1.82, 2.24) is 4.98 Å². The molecule has 0 saturated heterocycles. The first-order valence-electron chi connectivity index (χ1n) is 3.94. The van der Waals surface area contributed by atoms with Gasteiger partial charge >= 0.3 is 0 Å². The molecule has 4 nitrogen and oxygen atoms in total. The van der Waals surface area contributed by atoms with E-state index in [4.69, 9.17) is 16.1 Å². The van der Waals surface area contributed by atoms with Crippen LogP contribution in [0.15, 0.2) is 12.1 Å². The van der Waals surface area contributed by atoms with E-state index in [1.807, 2.05) is 6.07 Å². The Balaban J connectivity index is 2.80. The third kappa shape index (κ3) is 1.31. The fourth-order valence-electron chi connectivity index (χ4n) is 1.28. The van der Waals surface area contributed by atoms with E-state index in [-0.39, 0.29) is 6.61 Å². The van der Waals surface area contributed by atoms with Crippen LogP contribution in [-0.2, 0) is 6.61 Å². The lowest BCUT2D eigenvalue weighted by Gasteiger charge is -1.96. The van der Waals surface area contributed by atoms with Crippen molar-refractivity contribution in [3.63, 3.8) is 0 Å². The summed E-state index contributed by atoms with van der Waals surface area (Å²) in [6.45, 7) is -0.0809. The minimum Gasteiger partial charge on any atom is -0.392 e. The number of fused-ring (bicyclic) bond motifs is 1. The molecule has 5 heteroatoms. The van der Waals surface area contributed by atoms with Crippen LogP contribution in [-0.4, -0.2) is 10.1 Å². The Kier molecular flexibility index (Phi) is 2.08. The molecule has 2 aromatic rings. The molecule has 0 amide bonds. The summed E-state index contributed by atoms with van der Waals surface area (Å²) in [5, 5.41) is 18.3. The van der Waals surface area contributed by atoms with E-state index in [2.05, 4.69) is 4.98 Å². The first-order chi connectivity index (χ1) is 6.74. The molecule has 0 aliphatic heterocycles. The molecule has 1 heterocycles. The Labute approximate surface area is 84.2 Å². The van der Waals surface area contributed by atoms with Gasteiger partial charge in [0.2, 0.25) is 0 Å². The molecule has 0 fully saturated rings. The van der Waals surface area contributed by atoms with Gasteiger partial charge in [-0.25, -0.2) is 4.98 Å². The topological polar surface area (TPSA) is 82.9 Å². The van der Waals surface area contributed by atoms with Crippen molar-refractivity contribution < 1.29 is 5.11 Å². The molecular formula is C9H7N3OS. The second-order valence-electron chi connectivity index (χ2n) is 2.81. The Bertz CT molecular complexity index is 527. The lowest BCUT2D eigenvalue weighted by Crippen LogP contribution is -1.86. The van der Waals surface area contributed by atoms with E-state index in [0.29, 0.717) is 21.8 Å². The average Bonchev–Trinajstić information content (AvgIpc) is 2.56. The molecule has 14 heavy (non-hydrogen) atoms. The zero-order valence-electron chi connectivity index (χ0n) is 7.19. The number of benzene rings is 1. The number of thiazole rings is 1. The van der Waals surface area contributed by atoms with Gasteiger partial charge in [-0.05, 0) is 17.7 Å². The van der Waals surface area contributed by atoms with E-state index in [1.54, 1.807) is 12.1 Å². The average molecular weight is 205 g/mol. The summed E-state index contributed by atoms with van der Waals surface area (Å²) in [6.07, 6.45) is 0. The second-order valence-corrected chi connectivity index (χ2v) is 3.87. The van der Waals surface area contributed by atoms with E-state index < -0.39 is 0 Å². The van der Waals surface area contributed by atoms with Crippen LogP contribution in [0.4, 0.5) is 5.13 Å². The summed E-state index contributed by atoms with van der Waals surface area (Å²) >= 11 is 1.32. The fraction of sp³-hybridized carbons (Fsp3) is 0.111. The second kappa shape index (κ2) is 3.25.